The van der Waals surface area contributed by atoms with Gasteiger partial charge in [-0.15, -0.1) is 0 Å². The summed E-state index contributed by atoms with van der Waals surface area (Å²) in [4.78, 5) is 16.4. The van der Waals surface area contributed by atoms with Gasteiger partial charge in [0, 0.05) is 30.6 Å². The first kappa shape index (κ1) is 16.9. The zero-order valence-corrected chi connectivity index (χ0v) is 15.2. The van der Waals surface area contributed by atoms with Gasteiger partial charge in [-0.05, 0) is 54.8 Å². The fourth-order valence-electron chi connectivity index (χ4n) is 3.43. The second-order valence-electron chi connectivity index (χ2n) is 7.15. The molecule has 1 saturated carbocycles. The molecule has 7 heteroatoms. The Balaban J connectivity index is 1.59. The Hall–Kier alpha value is -3.22. The largest absolute Gasteiger partial charge is 0.477 e. The van der Waals surface area contributed by atoms with Gasteiger partial charge in [0.1, 0.15) is 17.3 Å². The Morgan fingerprint density at radius 2 is 2.00 bits per heavy atom. The molecule has 1 fully saturated rings. The van der Waals surface area contributed by atoms with E-state index < -0.39 is 0 Å². The molecule has 1 aromatic carbocycles. The van der Waals surface area contributed by atoms with Crippen LogP contribution in [0.4, 0.5) is 10.2 Å². The molecular weight excluding hydrogens is 359 g/mol. The van der Waals surface area contributed by atoms with E-state index in [2.05, 4.69) is 10.3 Å². The minimum Gasteiger partial charge on any atom is -0.477 e. The number of carbonyl (C=O) groups is 1. The van der Waals surface area contributed by atoms with Crippen molar-refractivity contribution in [2.45, 2.75) is 25.8 Å². The Labute approximate surface area is 161 Å². The molecule has 2 aliphatic rings. The number of ether oxygens (including phenoxy) is 1. The zero-order chi connectivity index (χ0) is 19.1. The molecule has 2 aromatic heterocycles. The van der Waals surface area contributed by atoms with Crippen molar-refractivity contribution in [2.75, 3.05) is 11.9 Å². The molecule has 0 atom stereocenters. The lowest BCUT2D eigenvalue weighted by atomic mass is 10.0. The van der Waals surface area contributed by atoms with Gasteiger partial charge in [-0.1, -0.05) is 0 Å². The number of nitrogens with zero attached hydrogens (tertiary/aromatic N) is 3. The SMILES string of the molecule is O=C(Nc1cc(-c2c(-c3ccc(F)cc3)nn3c2OCCC3)ccn1)C1CC1. The number of aryl methyl sites for hydroxylation is 1. The van der Waals surface area contributed by atoms with Crippen LogP contribution in [0.15, 0.2) is 42.6 Å². The van der Waals surface area contributed by atoms with Crippen LogP contribution in [0.1, 0.15) is 19.3 Å². The Morgan fingerprint density at radius 1 is 1.18 bits per heavy atom. The van der Waals surface area contributed by atoms with Crippen LogP contribution < -0.4 is 10.1 Å². The lowest BCUT2D eigenvalue weighted by Crippen LogP contribution is -2.15. The summed E-state index contributed by atoms with van der Waals surface area (Å²) in [6, 6.07) is 9.98. The van der Waals surface area contributed by atoms with Gasteiger partial charge < -0.3 is 10.1 Å². The Kier molecular flexibility index (Phi) is 4.07. The molecule has 1 aliphatic carbocycles. The standard InChI is InChI=1S/C21H19FN4O2/c22-16-6-4-13(5-7-16)19-18(21-26(25-19)10-1-11-28-21)15-8-9-23-17(12-15)24-20(27)14-2-3-14/h4-9,12,14H,1-3,10-11H2,(H,23,24,27). The number of nitrogens with one attached hydrogen (secondary N) is 1. The summed E-state index contributed by atoms with van der Waals surface area (Å²) in [5.74, 6) is 1.02. The topological polar surface area (TPSA) is 69.0 Å². The average molecular weight is 378 g/mol. The first-order valence-corrected chi connectivity index (χ1v) is 9.46. The first-order valence-electron chi connectivity index (χ1n) is 9.46. The predicted octanol–water partition coefficient (Wildman–Crippen LogP) is 3.88. The highest BCUT2D eigenvalue weighted by atomic mass is 19.1. The number of amides is 1. The summed E-state index contributed by atoms with van der Waals surface area (Å²) in [6.07, 6.45) is 4.42. The summed E-state index contributed by atoms with van der Waals surface area (Å²) in [5.41, 5.74) is 3.21. The predicted molar refractivity (Wildman–Crippen MR) is 102 cm³/mol. The first-order chi connectivity index (χ1) is 13.7. The van der Waals surface area contributed by atoms with Gasteiger partial charge in [-0.25, -0.2) is 14.1 Å². The van der Waals surface area contributed by atoms with Crippen LogP contribution in [0.3, 0.4) is 0 Å². The molecule has 1 aliphatic heterocycles. The third kappa shape index (κ3) is 3.13. The van der Waals surface area contributed by atoms with Crippen molar-refractivity contribution >= 4 is 11.7 Å². The lowest BCUT2D eigenvalue weighted by Gasteiger charge is -2.16. The summed E-state index contributed by atoms with van der Waals surface area (Å²) in [5, 5.41) is 7.60. The maximum atomic E-state index is 13.4. The monoisotopic (exact) mass is 378 g/mol. The van der Waals surface area contributed by atoms with E-state index in [0.29, 0.717) is 18.3 Å². The number of hydrogen-bond acceptors (Lipinski definition) is 4. The van der Waals surface area contributed by atoms with Crippen molar-refractivity contribution in [1.82, 2.24) is 14.8 Å². The van der Waals surface area contributed by atoms with E-state index in [1.54, 1.807) is 18.3 Å². The summed E-state index contributed by atoms with van der Waals surface area (Å²) >= 11 is 0. The summed E-state index contributed by atoms with van der Waals surface area (Å²) in [7, 11) is 0. The maximum Gasteiger partial charge on any atom is 0.228 e. The summed E-state index contributed by atoms with van der Waals surface area (Å²) in [6.45, 7) is 1.39. The van der Waals surface area contributed by atoms with Crippen LogP contribution in [0.5, 0.6) is 5.88 Å². The van der Waals surface area contributed by atoms with E-state index in [1.807, 2.05) is 16.8 Å². The van der Waals surface area contributed by atoms with Gasteiger partial charge >= 0.3 is 0 Å². The molecule has 0 bridgehead atoms. The summed E-state index contributed by atoms with van der Waals surface area (Å²) < 4.78 is 21.2. The van der Waals surface area contributed by atoms with E-state index in [1.165, 1.54) is 12.1 Å². The van der Waals surface area contributed by atoms with Crippen molar-refractivity contribution in [3.8, 4) is 28.3 Å². The van der Waals surface area contributed by atoms with Gasteiger partial charge in [-0.2, -0.15) is 5.10 Å². The van der Waals surface area contributed by atoms with E-state index in [-0.39, 0.29) is 17.6 Å². The number of anilines is 1. The molecule has 0 unspecified atom stereocenters. The van der Waals surface area contributed by atoms with Gasteiger partial charge in [0.2, 0.25) is 11.8 Å². The minimum atomic E-state index is -0.292. The number of fused-ring (bicyclic) bond motifs is 1. The molecular formula is C21H19FN4O2. The van der Waals surface area contributed by atoms with Crippen molar-refractivity contribution in [2.24, 2.45) is 5.92 Å². The fourth-order valence-corrected chi connectivity index (χ4v) is 3.43. The molecule has 3 aromatic rings. The fraction of sp³-hybridized carbons (Fsp3) is 0.286. The molecule has 28 heavy (non-hydrogen) atoms. The molecule has 0 spiro atoms. The van der Waals surface area contributed by atoms with E-state index in [0.717, 1.165) is 48.2 Å². The van der Waals surface area contributed by atoms with Crippen LogP contribution >= 0.6 is 0 Å². The van der Waals surface area contributed by atoms with E-state index >= 15 is 0 Å². The van der Waals surface area contributed by atoms with Gasteiger partial charge in [0.05, 0.1) is 12.2 Å². The molecule has 1 N–H and O–H groups in total. The van der Waals surface area contributed by atoms with Crippen LogP contribution in [0, 0.1) is 11.7 Å². The zero-order valence-electron chi connectivity index (χ0n) is 15.2. The second kappa shape index (κ2) is 6.74. The maximum absolute atomic E-state index is 13.4. The third-order valence-electron chi connectivity index (χ3n) is 5.02. The average Bonchev–Trinajstić information content (AvgIpc) is 3.49. The second-order valence-corrected chi connectivity index (χ2v) is 7.15. The van der Waals surface area contributed by atoms with Gasteiger partial charge in [0.25, 0.3) is 0 Å². The highest BCUT2D eigenvalue weighted by Crippen LogP contribution is 2.41. The van der Waals surface area contributed by atoms with E-state index in [4.69, 9.17) is 9.84 Å². The van der Waals surface area contributed by atoms with Gasteiger partial charge in [0.15, 0.2) is 0 Å². The number of rotatable bonds is 4. The van der Waals surface area contributed by atoms with Crippen LogP contribution in [0.2, 0.25) is 0 Å². The molecule has 142 valence electrons. The normalized spacial score (nSPS) is 15.6. The number of hydrogen-bond donors (Lipinski definition) is 1. The van der Waals surface area contributed by atoms with Crippen LogP contribution in [-0.2, 0) is 11.3 Å². The number of carbonyl (C=O) groups excluding carboxylic acids is 1. The highest BCUT2D eigenvalue weighted by molar-refractivity contribution is 5.94. The Morgan fingerprint density at radius 3 is 2.79 bits per heavy atom. The third-order valence-corrected chi connectivity index (χ3v) is 5.02. The molecule has 5 rings (SSSR count). The molecule has 1 amide bonds. The molecule has 6 nitrogen and oxygen atoms in total. The minimum absolute atomic E-state index is 0.0108. The van der Waals surface area contributed by atoms with Crippen LogP contribution in [-0.4, -0.2) is 27.3 Å². The van der Waals surface area contributed by atoms with Crippen molar-refractivity contribution in [1.29, 1.82) is 0 Å². The molecule has 0 radical (unpaired) electrons. The highest BCUT2D eigenvalue weighted by Gasteiger charge is 2.30. The van der Waals surface area contributed by atoms with Crippen LogP contribution in [0.25, 0.3) is 22.4 Å². The lowest BCUT2D eigenvalue weighted by molar-refractivity contribution is -0.117. The molecule has 3 heterocycles. The van der Waals surface area contributed by atoms with Gasteiger partial charge in [-0.3, -0.25) is 4.79 Å². The van der Waals surface area contributed by atoms with Crippen molar-refractivity contribution in [3.63, 3.8) is 0 Å². The Bertz CT molecular complexity index is 1040. The quantitative estimate of drug-likeness (QED) is 0.748. The smallest absolute Gasteiger partial charge is 0.228 e. The number of pyridine rings is 1. The molecule has 0 saturated heterocycles. The number of aromatic nitrogens is 3. The van der Waals surface area contributed by atoms with Crippen molar-refractivity contribution < 1.29 is 13.9 Å². The van der Waals surface area contributed by atoms with E-state index in [9.17, 15) is 9.18 Å². The number of halogens is 1. The number of benzene rings is 1. The van der Waals surface area contributed by atoms with Crippen molar-refractivity contribution in [3.05, 3.63) is 48.4 Å².